The van der Waals surface area contributed by atoms with Crippen molar-refractivity contribution in [2.75, 3.05) is 0 Å². The highest BCUT2D eigenvalue weighted by Crippen LogP contribution is 2.21. The third kappa shape index (κ3) is 3.97. The molecule has 2 unspecified atom stereocenters. The van der Waals surface area contributed by atoms with Crippen LogP contribution in [0.3, 0.4) is 0 Å². The zero-order chi connectivity index (χ0) is 6.57. The molecule has 0 aromatic heterocycles. The molecule has 0 heterocycles. The summed E-state index contributed by atoms with van der Waals surface area (Å²) >= 11 is 0. The van der Waals surface area contributed by atoms with E-state index in [1.165, 1.54) is 6.92 Å². The van der Waals surface area contributed by atoms with E-state index >= 15 is 0 Å². The van der Waals surface area contributed by atoms with Crippen LogP contribution >= 0.6 is 8.53 Å². The Balaban J connectivity index is 3.28. The number of hydrogen-bond acceptors (Lipinski definition) is 4. The Morgan fingerprint density at radius 3 is 2.62 bits per heavy atom. The third-order valence-corrected chi connectivity index (χ3v) is 0.980. The molecule has 0 aromatic rings. The van der Waals surface area contributed by atoms with E-state index in [1.54, 1.807) is 6.07 Å². The van der Waals surface area contributed by atoms with Gasteiger partial charge in [-0.3, -0.25) is 5.50 Å². The Morgan fingerprint density at radius 1 is 2.00 bits per heavy atom. The van der Waals surface area contributed by atoms with E-state index < -0.39 is 14.6 Å². The highest BCUT2D eigenvalue weighted by Gasteiger charge is 2.02. The first-order valence-corrected chi connectivity index (χ1v) is 3.25. The van der Waals surface area contributed by atoms with E-state index in [0.29, 0.717) is 0 Å². The largest absolute Gasteiger partial charge is 0.338 e. The summed E-state index contributed by atoms with van der Waals surface area (Å²) in [5.41, 5.74) is 4.82. The van der Waals surface area contributed by atoms with E-state index in [-0.39, 0.29) is 0 Å². The Morgan fingerprint density at radius 2 is 2.50 bits per heavy atom. The fraction of sp³-hybridized carbons (Fsp3) is 0.667. The summed E-state index contributed by atoms with van der Waals surface area (Å²) in [6.07, 6.45) is -0.615. The molecule has 0 aliphatic rings. The molecule has 0 saturated heterocycles. The molecule has 0 aliphatic carbocycles. The van der Waals surface area contributed by atoms with Gasteiger partial charge in [-0.25, -0.2) is 0 Å². The molecule has 0 radical (unpaired) electrons. The average Bonchev–Trinajstić information content (AvgIpc) is 1.65. The molecule has 0 aliphatic heterocycles. The molecular formula is C3H7N2O2P. The Hall–Kier alpha value is -0.200. The minimum Gasteiger partial charge on any atom is -0.338 e. The van der Waals surface area contributed by atoms with Gasteiger partial charge in [0.1, 0.15) is 6.10 Å². The molecule has 0 spiro atoms. The summed E-state index contributed by atoms with van der Waals surface area (Å²) in [4.78, 5) is 8.32. The Labute approximate surface area is 48.8 Å². The molecule has 0 amide bonds. The van der Waals surface area contributed by atoms with Gasteiger partial charge in [0.15, 0.2) is 0 Å². The summed E-state index contributed by atoms with van der Waals surface area (Å²) < 4.78 is 4.44. The maximum atomic E-state index is 8.32. The van der Waals surface area contributed by atoms with Crippen molar-refractivity contribution in [3.8, 4) is 6.07 Å². The second kappa shape index (κ2) is 3.76. The lowest BCUT2D eigenvalue weighted by Gasteiger charge is -2.04. The van der Waals surface area contributed by atoms with Gasteiger partial charge in [0.2, 0.25) is 0 Å². The van der Waals surface area contributed by atoms with Crippen LogP contribution in [-0.4, -0.2) is 11.0 Å². The van der Waals surface area contributed by atoms with Crippen molar-refractivity contribution in [2.24, 2.45) is 5.50 Å². The van der Waals surface area contributed by atoms with Crippen molar-refractivity contribution < 1.29 is 9.42 Å². The highest BCUT2D eigenvalue weighted by atomic mass is 31.2. The molecule has 0 rings (SSSR count). The van der Waals surface area contributed by atoms with Crippen molar-refractivity contribution in [3.05, 3.63) is 0 Å². The van der Waals surface area contributed by atoms with E-state index in [2.05, 4.69) is 4.52 Å². The SMILES string of the molecule is CC(C#N)OP(N)O. The summed E-state index contributed by atoms with van der Waals surface area (Å²) in [6, 6.07) is 1.75. The summed E-state index contributed by atoms with van der Waals surface area (Å²) in [5.74, 6) is 0. The molecular weight excluding hydrogens is 127 g/mol. The van der Waals surface area contributed by atoms with Crippen LogP contribution in [0.1, 0.15) is 6.92 Å². The van der Waals surface area contributed by atoms with Crippen LogP contribution in [0.2, 0.25) is 0 Å². The quantitative estimate of drug-likeness (QED) is 0.524. The van der Waals surface area contributed by atoms with E-state index in [0.717, 1.165) is 0 Å². The van der Waals surface area contributed by atoms with Crippen LogP contribution in [0.25, 0.3) is 0 Å². The maximum absolute atomic E-state index is 8.32. The van der Waals surface area contributed by atoms with Crippen LogP contribution in [-0.2, 0) is 4.52 Å². The van der Waals surface area contributed by atoms with Gasteiger partial charge in [-0.15, -0.1) is 0 Å². The predicted molar refractivity (Wildman–Crippen MR) is 29.5 cm³/mol. The van der Waals surface area contributed by atoms with Crippen LogP contribution in [0.15, 0.2) is 0 Å². The fourth-order valence-electron chi connectivity index (χ4n) is 0.186. The van der Waals surface area contributed by atoms with Gasteiger partial charge in [0.25, 0.3) is 8.53 Å². The molecule has 8 heavy (non-hydrogen) atoms. The number of rotatable bonds is 2. The third-order valence-electron chi connectivity index (χ3n) is 0.448. The van der Waals surface area contributed by atoms with Crippen LogP contribution < -0.4 is 5.50 Å². The summed E-state index contributed by atoms with van der Waals surface area (Å²) in [6.45, 7) is 1.51. The number of nitrogens with zero attached hydrogens (tertiary/aromatic N) is 1. The van der Waals surface area contributed by atoms with E-state index in [9.17, 15) is 0 Å². The van der Waals surface area contributed by atoms with Gasteiger partial charge in [0, 0.05) is 0 Å². The monoisotopic (exact) mass is 134 g/mol. The minimum absolute atomic E-state index is 0.615. The van der Waals surface area contributed by atoms with Gasteiger partial charge in [0.05, 0.1) is 6.07 Å². The van der Waals surface area contributed by atoms with Crippen molar-refractivity contribution in [1.29, 1.82) is 5.26 Å². The normalized spacial score (nSPS) is 16.8. The first kappa shape index (κ1) is 7.80. The minimum atomic E-state index is -1.87. The zero-order valence-corrected chi connectivity index (χ0v) is 5.30. The number of nitriles is 1. The number of nitrogens with two attached hydrogens (primary N) is 1. The van der Waals surface area contributed by atoms with Crippen LogP contribution in [0.4, 0.5) is 0 Å². The van der Waals surface area contributed by atoms with E-state index in [1.807, 2.05) is 0 Å². The summed E-state index contributed by atoms with van der Waals surface area (Å²) in [7, 11) is -1.87. The molecule has 46 valence electrons. The van der Waals surface area contributed by atoms with Crippen LogP contribution in [0, 0.1) is 11.3 Å². The molecule has 3 N–H and O–H groups in total. The van der Waals surface area contributed by atoms with E-state index in [4.69, 9.17) is 15.7 Å². The average molecular weight is 134 g/mol. The smallest absolute Gasteiger partial charge is 0.251 e. The van der Waals surface area contributed by atoms with Gasteiger partial charge >= 0.3 is 0 Å². The molecule has 0 bridgehead atoms. The lowest BCUT2D eigenvalue weighted by atomic mass is 10.5. The first-order valence-electron chi connectivity index (χ1n) is 1.97. The molecule has 0 fully saturated rings. The van der Waals surface area contributed by atoms with Crippen molar-refractivity contribution in [3.63, 3.8) is 0 Å². The van der Waals surface area contributed by atoms with Crippen molar-refractivity contribution in [2.45, 2.75) is 13.0 Å². The zero-order valence-electron chi connectivity index (χ0n) is 4.40. The molecule has 4 nitrogen and oxygen atoms in total. The van der Waals surface area contributed by atoms with Crippen molar-refractivity contribution >= 4 is 8.53 Å². The first-order chi connectivity index (χ1) is 3.66. The van der Waals surface area contributed by atoms with Gasteiger partial charge in [-0.05, 0) is 6.92 Å². The Bertz CT molecular complexity index is 99.9. The molecule has 5 heteroatoms. The topological polar surface area (TPSA) is 79.3 Å². The number of hydrogen-bond donors (Lipinski definition) is 2. The maximum Gasteiger partial charge on any atom is 0.251 e. The standard InChI is InChI=1S/C3H7N2O2P/c1-3(2-4)7-8(5)6/h3,6H,5H2,1H3. The van der Waals surface area contributed by atoms with Gasteiger partial charge in [-0.2, -0.15) is 5.26 Å². The second-order valence-electron chi connectivity index (χ2n) is 1.18. The highest BCUT2D eigenvalue weighted by molar-refractivity contribution is 7.43. The lowest BCUT2D eigenvalue weighted by molar-refractivity contribution is 0.273. The summed E-state index contributed by atoms with van der Waals surface area (Å²) in [5, 5.41) is 8.05. The van der Waals surface area contributed by atoms with Gasteiger partial charge < -0.3 is 9.42 Å². The second-order valence-corrected chi connectivity index (χ2v) is 2.00. The fourth-order valence-corrected chi connectivity index (χ4v) is 0.557. The molecule has 0 saturated carbocycles. The van der Waals surface area contributed by atoms with Crippen LogP contribution in [0.5, 0.6) is 0 Å². The van der Waals surface area contributed by atoms with Crippen molar-refractivity contribution in [1.82, 2.24) is 0 Å². The molecule has 0 aromatic carbocycles. The lowest BCUT2D eigenvalue weighted by Crippen LogP contribution is -2.03. The van der Waals surface area contributed by atoms with Gasteiger partial charge in [-0.1, -0.05) is 0 Å². The molecule has 2 atom stereocenters. The predicted octanol–water partition coefficient (Wildman–Crippen LogP) is 0.0930. The Kier molecular flexibility index (Phi) is 3.67.